The van der Waals surface area contributed by atoms with Crippen LogP contribution in [0.4, 0.5) is 0 Å². The maximum absolute atomic E-state index is 12.1. The fourth-order valence-electron chi connectivity index (χ4n) is 2.63. The second kappa shape index (κ2) is 7.39. The van der Waals surface area contributed by atoms with Crippen LogP contribution in [0.2, 0.25) is 10.0 Å². The number of carbonyl (C=O) groups is 1. The van der Waals surface area contributed by atoms with Crippen molar-refractivity contribution in [2.24, 2.45) is 4.99 Å². The molecular weight excluding hydrogens is 385 g/mol. The Morgan fingerprint density at radius 3 is 2.67 bits per heavy atom. The first-order chi connectivity index (χ1) is 13.1. The van der Waals surface area contributed by atoms with Crippen LogP contribution in [0.3, 0.4) is 0 Å². The third-order valence-corrected chi connectivity index (χ3v) is 4.67. The SMILES string of the molecule is O=C1OC(c2ccc(Cl)c(Cl)c2)=N/C1=C\c1cnn(Cc2ccccc2)c1. The molecule has 1 aliphatic heterocycles. The van der Waals surface area contributed by atoms with E-state index in [0.29, 0.717) is 22.2 Å². The minimum Gasteiger partial charge on any atom is -0.402 e. The predicted molar refractivity (Wildman–Crippen MR) is 105 cm³/mol. The lowest BCUT2D eigenvalue weighted by Gasteiger charge is -2.01. The minimum atomic E-state index is -0.521. The molecule has 4 rings (SSSR count). The number of aliphatic imine (C=N–C) groups is 1. The van der Waals surface area contributed by atoms with Gasteiger partial charge in [-0.15, -0.1) is 0 Å². The molecule has 7 heteroatoms. The molecule has 0 bridgehead atoms. The lowest BCUT2D eigenvalue weighted by atomic mass is 10.2. The summed E-state index contributed by atoms with van der Waals surface area (Å²) in [6.07, 6.45) is 5.16. The van der Waals surface area contributed by atoms with Gasteiger partial charge in [0.1, 0.15) is 0 Å². The van der Waals surface area contributed by atoms with E-state index in [4.69, 9.17) is 27.9 Å². The van der Waals surface area contributed by atoms with Crippen LogP contribution in [-0.4, -0.2) is 21.6 Å². The molecule has 0 amide bonds. The quantitative estimate of drug-likeness (QED) is 0.478. The van der Waals surface area contributed by atoms with Gasteiger partial charge in [0.15, 0.2) is 5.70 Å². The van der Waals surface area contributed by atoms with E-state index >= 15 is 0 Å². The number of aromatic nitrogens is 2. The van der Waals surface area contributed by atoms with E-state index in [0.717, 1.165) is 11.1 Å². The molecule has 0 aliphatic carbocycles. The Kier molecular flexibility index (Phi) is 4.79. The molecule has 0 unspecified atom stereocenters. The van der Waals surface area contributed by atoms with Crippen LogP contribution in [-0.2, 0) is 16.1 Å². The van der Waals surface area contributed by atoms with E-state index in [-0.39, 0.29) is 11.6 Å². The fraction of sp³-hybridized carbons (Fsp3) is 0.0500. The van der Waals surface area contributed by atoms with Crippen molar-refractivity contribution in [3.05, 3.63) is 93.4 Å². The van der Waals surface area contributed by atoms with E-state index in [2.05, 4.69) is 10.1 Å². The number of rotatable bonds is 4. The molecule has 1 aliphatic rings. The molecule has 5 nitrogen and oxygen atoms in total. The van der Waals surface area contributed by atoms with Gasteiger partial charge in [0, 0.05) is 17.3 Å². The topological polar surface area (TPSA) is 56.5 Å². The molecule has 0 spiro atoms. The van der Waals surface area contributed by atoms with E-state index in [9.17, 15) is 4.79 Å². The predicted octanol–water partition coefficient (Wildman–Crippen LogP) is 4.58. The lowest BCUT2D eigenvalue weighted by molar-refractivity contribution is -0.129. The van der Waals surface area contributed by atoms with Gasteiger partial charge in [-0.3, -0.25) is 4.68 Å². The van der Waals surface area contributed by atoms with Crippen molar-refractivity contribution in [2.75, 3.05) is 0 Å². The molecule has 0 atom stereocenters. The normalized spacial score (nSPS) is 15.1. The Balaban J connectivity index is 1.56. The smallest absolute Gasteiger partial charge is 0.363 e. The summed E-state index contributed by atoms with van der Waals surface area (Å²) in [4.78, 5) is 16.4. The Morgan fingerprint density at radius 2 is 1.89 bits per heavy atom. The molecule has 134 valence electrons. The molecule has 3 aromatic rings. The average molecular weight is 398 g/mol. The summed E-state index contributed by atoms with van der Waals surface area (Å²) >= 11 is 11.9. The highest BCUT2D eigenvalue weighted by atomic mass is 35.5. The van der Waals surface area contributed by atoms with Crippen molar-refractivity contribution >= 4 is 41.1 Å². The van der Waals surface area contributed by atoms with E-state index in [1.54, 1.807) is 35.2 Å². The molecule has 0 fully saturated rings. The first-order valence-electron chi connectivity index (χ1n) is 8.13. The van der Waals surface area contributed by atoms with Crippen LogP contribution in [0.15, 0.2) is 71.6 Å². The second-order valence-corrected chi connectivity index (χ2v) is 6.74. The zero-order chi connectivity index (χ0) is 18.8. The number of halogens is 2. The van der Waals surface area contributed by atoms with Crippen LogP contribution in [0.25, 0.3) is 6.08 Å². The first-order valence-corrected chi connectivity index (χ1v) is 8.88. The van der Waals surface area contributed by atoms with Crippen LogP contribution in [0.1, 0.15) is 16.7 Å². The van der Waals surface area contributed by atoms with Crippen LogP contribution >= 0.6 is 23.2 Å². The van der Waals surface area contributed by atoms with Gasteiger partial charge in [0.05, 0.1) is 22.8 Å². The summed E-state index contributed by atoms with van der Waals surface area (Å²) < 4.78 is 7.04. The van der Waals surface area contributed by atoms with Gasteiger partial charge in [-0.1, -0.05) is 53.5 Å². The van der Waals surface area contributed by atoms with Crippen molar-refractivity contribution in [1.29, 1.82) is 0 Å². The summed E-state index contributed by atoms with van der Waals surface area (Å²) in [6.45, 7) is 0.645. The van der Waals surface area contributed by atoms with Gasteiger partial charge in [0.25, 0.3) is 0 Å². The summed E-state index contributed by atoms with van der Waals surface area (Å²) in [6, 6.07) is 14.9. The summed E-state index contributed by atoms with van der Waals surface area (Å²) in [5.74, 6) is -0.326. The van der Waals surface area contributed by atoms with Crippen molar-refractivity contribution < 1.29 is 9.53 Å². The average Bonchev–Trinajstić information content (AvgIpc) is 3.25. The van der Waals surface area contributed by atoms with Crippen LogP contribution in [0.5, 0.6) is 0 Å². The maximum Gasteiger partial charge on any atom is 0.363 e. The molecule has 0 saturated carbocycles. The standard InChI is InChI=1S/C20H13Cl2N3O2/c21-16-7-6-15(9-17(16)22)19-24-18(20(26)27-19)8-14-10-23-25(12-14)11-13-4-2-1-3-5-13/h1-10,12H,11H2/b18-8-. The molecule has 1 aromatic heterocycles. The van der Waals surface area contributed by atoms with E-state index in [1.807, 2.05) is 36.5 Å². The molecule has 2 heterocycles. The zero-order valence-electron chi connectivity index (χ0n) is 14.0. The van der Waals surface area contributed by atoms with E-state index in [1.165, 1.54) is 0 Å². The highest BCUT2D eigenvalue weighted by Gasteiger charge is 2.24. The molecule has 2 aromatic carbocycles. The number of carbonyl (C=O) groups excluding carboxylic acids is 1. The third-order valence-electron chi connectivity index (χ3n) is 3.93. The van der Waals surface area contributed by atoms with Crippen molar-refractivity contribution in [3.8, 4) is 0 Å². The summed E-state index contributed by atoms with van der Waals surface area (Å²) in [5.41, 5.74) is 2.69. The van der Waals surface area contributed by atoms with Gasteiger partial charge < -0.3 is 4.74 Å². The highest BCUT2D eigenvalue weighted by molar-refractivity contribution is 6.42. The molecule has 0 radical (unpaired) electrons. The second-order valence-electron chi connectivity index (χ2n) is 5.92. The number of hydrogen-bond acceptors (Lipinski definition) is 4. The lowest BCUT2D eigenvalue weighted by Crippen LogP contribution is -2.05. The molecule has 0 N–H and O–H groups in total. The molecule has 27 heavy (non-hydrogen) atoms. The molecular formula is C20H13Cl2N3O2. The minimum absolute atomic E-state index is 0.196. The Hall–Kier alpha value is -2.89. The molecule has 0 saturated heterocycles. The third kappa shape index (κ3) is 3.94. The van der Waals surface area contributed by atoms with Crippen LogP contribution in [0, 0.1) is 0 Å². The van der Waals surface area contributed by atoms with Gasteiger partial charge in [-0.25, -0.2) is 9.79 Å². The maximum atomic E-state index is 12.1. The van der Waals surface area contributed by atoms with Crippen molar-refractivity contribution in [1.82, 2.24) is 9.78 Å². The Bertz CT molecular complexity index is 1070. The van der Waals surface area contributed by atoms with E-state index < -0.39 is 5.97 Å². The number of ether oxygens (including phenoxy) is 1. The van der Waals surface area contributed by atoms with Crippen molar-refractivity contribution in [3.63, 3.8) is 0 Å². The van der Waals surface area contributed by atoms with Gasteiger partial charge in [-0.2, -0.15) is 5.10 Å². The summed E-state index contributed by atoms with van der Waals surface area (Å²) in [7, 11) is 0. The van der Waals surface area contributed by atoms with Crippen LogP contribution < -0.4 is 0 Å². The van der Waals surface area contributed by atoms with Crippen molar-refractivity contribution in [2.45, 2.75) is 6.54 Å². The monoisotopic (exact) mass is 397 g/mol. The Morgan fingerprint density at radius 1 is 1.07 bits per heavy atom. The zero-order valence-corrected chi connectivity index (χ0v) is 15.5. The highest BCUT2D eigenvalue weighted by Crippen LogP contribution is 2.25. The van der Waals surface area contributed by atoms with Gasteiger partial charge in [0.2, 0.25) is 5.90 Å². The fourth-order valence-corrected chi connectivity index (χ4v) is 2.93. The van der Waals surface area contributed by atoms with Gasteiger partial charge in [-0.05, 0) is 29.8 Å². The number of esters is 1. The summed E-state index contributed by atoms with van der Waals surface area (Å²) in [5, 5.41) is 5.11. The van der Waals surface area contributed by atoms with Gasteiger partial charge >= 0.3 is 5.97 Å². The number of benzene rings is 2. The largest absolute Gasteiger partial charge is 0.402 e. The number of cyclic esters (lactones) is 1. The Labute approximate surface area is 165 Å². The number of nitrogens with zero attached hydrogens (tertiary/aromatic N) is 3. The first kappa shape index (κ1) is 17.5. The number of hydrogen-bond donors (Lipinski definition) is 0.